The summed E-state index contributed by atoms with van der Waals surface area (Å²) in [6.07, 6.45) is 0.700. The Hall–Kier alpha value is -3.49. The molecule has 0 aliphatic carbocycles. The molecule has 3 aromatic heterocycles. The van der Waals surface area contributed by atoms with E-state index in [1.165, 1.54) is 18.3 Å². The van der Waals surface area contributed by atoms with Gasteiger partial charge in [0.05, 0.1) is 5.69 Å². The largest absolute Gasteiger partial charge is 0.415 e. The Kier molecular flexibility index (Phi) is 4.41. The van der Waals surface area contributed by atoms with Crippen LogP contribution in [0, 0.1) is 5.82 Å². The maximum atomic E-state index is 13.4. The van der Waals surface area contributed by atoms with E-state index in [2.05, 4.69) is 20.3 Å². The van der Waals surface area contributed by atoms with Crippen LogP contribution in [0.1, 0.15) is 23.6 Å². The zero-order valence-electron chi connectivity index (χ0n) is 13.8. The molecule has 0 saturated heterocycles. The van der Waals surface area contributed by atoms with Crippen molar-refractivity contribution in [2.24, 2.45) is 0 Å². The van der Waals surface area contributed by atoms with Crippen LogP contribution in [0.5, 0.6) is 0 Å². The zero-order chi connectivity index (χ0) is 18.8. The van der Waals surface area contributed by atoms with Crippen molar-refractivity contribution in [2.75, 3.05) is 0 Å². The van der Waals surface area contributed by atoms with Crippen molar-refractivity contribution in [1.29, 1.82) is 0 Å². The van der Waals surface area contributed by atoms with E-state index in [0.717, 1.165) is 11.3 Å². The van der Waals surface area contributed by atoms with Gasteiger partial charge < -0.3 is 4.42 Å². The maximum absolute atomic E-state index is 13.4. The van der Waals surface area contributed by atoms with Gasteiger partial charge in [-0.2, -0.15) is 13.9 Å². The minimum Gasteiger partial charge on any atom is -0.415 e. The highest BCUT2D eigenvalue weighted by atomic mass is 19.3. The monoisotopic (exact) mass is 371 g/mol. The molecule has 0 spiro atoms. The second-order valence-electron chi connectivity index (χ2n) is 5.69. The molecule has 6 nitrogen and oxygen atoms in total. The summed E-state index contributed by atoms with van der Waals surface area (Å²) >= 11 is 0. The van der Waals surface area contributed by atoms with E-state index in [4.69, 9.17) is 4.42 Å². The number of halogens is 3. The summed E-state index contributed by atoms with van der Waals surface area (Å²) in [7, 11) is 0. The Morgan fingerprint density at radius 2 is 1.93 bits per heavy atom. The molecule has 0 fully saturated rings. The van der Waals surface area contributed by atoms with Crippen molar-refractivity contribution in [3.05, 3.63) is 77.8 Å². The van der Waals surface area contributed by atoms with Crippen molar-refractivity contribution in [2.45, 2.75) is 12.8 Å². The van der Waals surface area contributed by atoms with E-state index >= 15 is 0 Å². The number of aromatic nitrogens is 5. The van der Waals surface area contributed by atoms with Gasteiger partial charge in [-0.25, -0.2) is 14.1 Å². The fourth-order valence-electron chi connectivity index (χ4n) is 2.63. The fourth-order valence-corrected chi connectivity index (χ4v) is 2.63. The van der Waals surface area contributed by atoms with Gasteiger partial charge in [0.25, 0.3) is 5.89 Å². The predicted molar refractivity (Wildman–Crippen MR) is 88.8 cm³/mol. The minimum atomic E-state index is -2.84. The van der Waals surface area contributed by atoms with E-state index in [9.17, 15) is 13.2 Å². The van der Waals surface area contributed by atoms with Crippen molar-refractivity contribution in [1.82, 2.24) is 25.0 Å². The molecule has 4 rings (SSSR count). The van der Waals surface area contributed by atoms with Crippen molar-refractivity contribution in [3.63, 3.8) is 0 Å². The minimum absolute atomic E-state index is 0.0345. The van der Waals surface area contributed by atoms with Gasteiger partial charge in [0.2, 0.25) is 5.89 Å². The van der Waals surface area contributed by atoms with E-state index in [1.54, 1.807) is 35.1 Å². The number of rotatable bonds is 5. The van der Waals surface area contributed by atoms with Gasteiger partial charge in [-0.1, -0.05) is 12.1 Å². The number of nitrogens with zero attached hydrogens (tertiary/aromatic N) is 5. The molecule has 0 atom stereocenters. The lowest BCUT2D eigenvalue weighted by Crippen LogP contribution is -2.05. The third kappa shape index (κ3) is 3.57. The predicted octanol–water partition coefficient (Wildman–Crippen LogP) is 3.98. The van der Waals surface area contributed by atoms with E-state index in [-0.39, 0.29) is 11.7 Å². The van der Waals surface area contributed by atoms with Gasteiger partial charge in [0, 0.05) is 24.4 Å². The Labute approximate surface area is 151 Å². The Balaban J connectivity index is 1.66. The summed E-state index contributed by atoms with van der Waals surface area (Å²) in [6, 6.07) is 11.2. The summed E-state index contributed by atoms with van der Waals surface area (Å²) in [6.45, 7) is 0. The standard InChI is InChI=1S/C18H12F3N5O/c19-13-3-1-2-11(8-13)9-14-5-7-23-26(14)15-10-12(4-6-22-15)17-24-25-18(27-17)16(20)21/h1-8,10,16H,9H2. The van der Waals surface area contributed by atoms with Crippen molar-refractivity contribution >= 4 is 0 Å². The molecule has 0 unspecified atom stereocenters. The second-order valence-corrected chi connectivity index (χ2v) is 5.69. The van der Waals surface area contributed by atoms with Crippen LogP contribution in [0.2, 0.25) is 0 Å². The average Bonchev–Trinajstić information content (AvgIpc) is 3.31. The number of alkyl halides is 2. The number of hydrogen-bond acceptors (Lipinski definition) is 5. The van der Waals surface area contributed by atoms with Gasteiger partial charge in [0.1, 0.15) is 5.82 Å². The Morgan fingerprint density at radius 3 is 2.70 bits per heavy atom. The summed E-state index contributed by atoms with van der Waals surface area (Å²) in [5.74, 6) is -0.646. The molecule has 1 aromatic carbocycles. The molecule has 4 aromatic rings. The Morgan fingerprint density at radius 1 is 1.04 bits per heavy atom. The molecule has 9 heteroatoms. The molecule has 3 heterocycles. The quantitative estimate of drug-likeness (QED) is 0.531. The highest BCUT2D eigenvalue weighted by Crippen LogP contribution is 2.24. The SMILES string of the molecule is Fc1cccc(Cc2ccnn2-c2cc(-c3nnc(C(F)F)o3)ccn2)c1. The first kappa shape index (κ1) is 17.0. The fraction of sp³-hybridized carbons (Fsp3) is 0.111. The normalized spacial score (nSPS) is 11.3. The summed E-state index contributed by atoms with van der Waals surface area (Å²) in [5, 5.41) is 11.2. The van der Waals surface area contributed by atoms with Crippen LogP contribution in [-0.4, -0.2) is 25.0 Å². The molecular weight excluding hydrogens is 359 g/mol. The van der Waals surface area contributed by atoms with Gasteiger partial charge in [-0.05, 0) is 35.9 Å². The van der Waals surface area contributed by atoms with Gasteiger partial charge in [-0.15, -0.1) is 10.2 Å². The lowest BCUT2D eigenvalue weighted by Gasteiger charge is -2.08. The molecule has 0 amide bonds. The summed E-state index contributed by atoms with van der Waals surface area (Å²) in [4.78, 5) is 4.26. The molecule has 0 saturated carbocycles. The summed E-state index contributed by atoms with van der Waals surface area (Å²) < 4.78 is 45.2. The number of hydrogen-bond donors (Lipinski definition) is 0. The van der Waals surface area contributed by atoms with Gasteiger partial charge in [-0.3, -0.25) is 0 Å². The van der Waals surface area contributed by atoms with Gasteiger partial charge in [0.15, 0.2) is 5.82 Å². The molecule has 0 bridgehead atoms. The number of benzene rings is 1. The van der Waals surface area contributed by atoms with E-state index in [1.807, 2.05) is 6.07 Å². The second kappa shape index (κ2) is 7.02. The smallest absolute Gasteiger partial charge is 0.314 e. The molecule has 0 radical (unpaired) electrons. The first-order valence-corrected chi connectivity index (χ1v) is 7.96. The van der Waals surface area contributed by atoms with Crippen LogP contribution in [0.3, 0.4) is 0 Å². The van der Waals surface area contributed by atoms with Crippen molar-refractivity contribution < 1.29 is 17.6 Å². The molecule has 27 heavy (non-hydrogen) atoms. The van der Waals surface area contributed by atoms with Crippen LogP contribution in [0.4, 0.5) is 13.2 Å². The third-order valence-electron chi connectivity index (χ3n) is 3.83. The van der Waals surface area contributed by atoms with E-state index in [0.29, 0.717) is 17.8 Å². The number of pyridine rings is 1. The van der Waals surface area contributed by atoms with Crippen LogP contribution >= 0.6 is 0 Å². The lowest BCUT2D eigenvalue weighted by molar-refractivity contribution is 0.116. The molecule has 136 valence electrons. The average molecular weight is 371 g/mol. The van der Waals surface area contributed by atoms with Crippen LogP contribution in [0.15, 0.2) is 59.3 Å². The van der Waals surface area contributed by atoms with Gasteiger partial charge >= 0.3 is 6.43 Å². The molecule has 0 aliphatic rings. The summed E-state index contributed by atoms with van der Waals surface area (Å²) in [5.41, 5.74) is 2.00. The van der Waals surface area contributed by atoms with Crippen LogP contribution in [-0.2, 0) is 6.42 Å². The molecule has 0 aliphatic heterocycles. The van der Waals surface area contributed by atoms with Crippen LogP contribution in [0.25, 0.3) is 17.3 Å². The highest BCUT2D eigenvalue weighted by molar-refractivity contribution is 5.55. The topological polar surface area (TPSA) is 69.6 Å². The maximum Gasteiger partial charge on any atom is 0.314 e. The molecular formula is C18H12F3N5O. The lowest BCUT2D eigenvalue weighted by atomic mass is 10.1. The first-order chi connectivity index (χ1) is 13.1. The van der Waals surface area contributed by atoms with Crippen molar-refractivity contribution in [3.8, 4) is 17.3 Å². The third-order valence-corrected chi connectivity index (χ3v) is 3.83. The molecule has 0 N–H and O–H groups in total. The first-order valence-electron chi connectivity index (χ1n) is 7.96. The van der Waals surface area contributed by atoms with Crippen LogP contribution < -0.4 is 0 Å². The zero-order valence-corrected chi connectivity index (χ0v) is 13.8. The Bertz CT molecular complexity index is 1080. The highest BCUT2D eigenvalue weighted by Gasteiger charge is 2.18. The van der Waals surface area contributed by atoms with E-state index < -0.39 is 12.3 Å².